The van der Waals surface area contributed by atoms with Crippen molar-refractivity contribution in [1.82, 2.24) is 9.80 Å². The van der Waals surface area contributed by atoms with E-state index in [1.165, 1.54) is 19.1 Å². The molecule has 31 heavy (non-hydrogen) atoms. The number of hydrogen-bond acceptors (Lipinski definition) is 7. The number of carbonyl (C=O) groups excluding carboxylic acids is 2. The van der Waals surface area contributed by atoms with E-state index in [1.807, 2.05) is 19.0 Å². The number of carbonyl (C=O) groups is 2. The summed E-state index contributed by atoms with van der Waals surface area (Å²) >= 11 is 0. The Kier molecular flexibility index (Phi) is 6.70. The highest BCUT2D eigenvalue weighted by Crippen LogP contribution is 2.41. The molecule has 8 nitrogen and oxygen atoms in total. The van der Waals surface area contributed by atoms with Crippen LogP contribution in [0.1, 0.15) is 29.5 Å². The first kappa shape index (κ1) is 22.4. The lowest BCUT2D eigenvalue weighted by Gasteiger charge is -2.24. The molecule has 1 fully saturated rings. The van der Waals surface area contributed by atoms with Crippen LogP contribution in [0.25, 0.3) is 5.76 Å². The van der Waals surface area contributed by atoms with Gasteiger partial charge in [-0.2, -0.15) is 0 Å². The number of nitrogens with zero attached hydrogens (tertiary/aromatic N) is 2. The number of furan rings is 1. The van der Waals surface area contributed by atoms with Crippen molar-refractivity contribution < 1.29 is 28.6 Å². The molecule has 0 radical (unpaired) electrons. The third-order valence-electron chi connectivity index (χ3n) is 5.23. The summed E-state index contributed by atoms with van der Waals surface area (Å²) in [5.74, 6) is 0.298. The van der Waals surface area contributed by atoms with Gasteiger partial charge in [0.25, 0.3) is 11.7 Å². The minimum absolute atomic E-state index is 0.00331. The van der Waals surface area contributed by atoms with E-state index in [2.05, 4.69) is 0 Å². The SMILES string of the molecule is COc1ccc(/C(O)=C2\C(=O)C(=O)N(CCCN(C)C)C2c2ccc(C)o2)cc1OC. The van der Waals surface area contributed by atoms with E-state index >= 15 is 0 Å². The maximum Gasteiger partial charge on any atom is 0.295 e. The van der Waals surface area contributed by atoms with Crippen molar-refractivity contribution in [1.29, 1.82) is 0 Å². The summed E-state index contributed by atoms with van der Waals surface area (Å²) in [6.07, 6.45) is 0.673. The van der Waals surface area contributed by atoms with Gasteiger partial charge in [-0.3, -0.25) is 9.59 Å². The maximum atomic E-state index is 13.0. The van der Waals surface area contributed by atoms with E-state index in [4.69, 9.17) is 13.9 Å². The molecule has 2 heterocycles. The number of rotatable bonds is 8. The van der Waals surface area contributed by atoms with E-state index in [0.29, 0.717) is 41.5 Å². The largest absolute Gasteiger partial charge is 0.507 e. The molecule has 1 aromatic heterocycles. The lowest BCUT2D eigenvalue weighted by Crippen LogP contribution is -2.32. The van der Waals surface area contributed by atoms with Gasteiger partial charge in [-0.25, -0.2) is 0 Å². The zero-order valence-electron chi connectivity index (χ0n) is 18.5. The van der Waals surface area contributed by atoms with Crippen LogP contribution >= 0.6 is 0 Å². The Balaban J connectivity index is 2.09. The molecular formula is C23H28N2O6. The molecular weight excluding hydrogens is 400 g/mol. The minimum atomic E-state index is -0.802. The quantitative estimate of drug-likeness (QED) is 0.393. The molecule has 0 bridgehead atoms. The van der Waals surface area contributed by atoms with Gasteiger partial charge < -0.3 is 28.8 Å². The fourth-order valence-electron chi connectivity index (χ4n) is 3.70. The van der Waals surface area contributed by atoms with E-state index in [9.17, 15) is 14.7 Å². The number of likely N-dealkylation sites (tertiary alicyclic amines) is 1. The number of aliphatic hydroxyl groups is 1. The van der Waals surface area contributed by atoms with Crippen LogP contribution in [0.15, 0.2) is 40.3 Å². The number of aliphatic hydroxyl groups excluding tert-OH is 1. The first-order valence-electron chi connectivity index (χ1n) is 10.00. The van der Waals surface area contributed by atoms with Crippen molar-refractivity contribution in [2.45, 2.75) is 19.4 Å². The van der Waals surface area contributed by atoms with E-state index in [1.54, 1.807) is 37.3 Å². The van der Waals surface area contributed by atoms with Crippen LogP contribution in [0, 0.1) is 6.92 Å². The fourth-order valence-corrected chi connectivity index (χ4v) is 3.70. The molecule has 166 valence electrons. The third kappa shape index (κ3) is 4.44. The molecule has 1 saturated heterocycles. The van der Waals surface area contributed by atoms with Gasteiger partial charge in [-0.05, 0) is 64.3 Å². The molecule has 1 N–H and O–H groups in total. The standard InChI is InChI=1S/C23H28N2O6/c1-14-7-9-17(31-14)20-19(22(27)23(28)25(20)12-6-11-24(2)3)21(26)15-8-10-16(29-4)18(13-15)30-5/h7-10,13,20,26H,6,11-12H2,1-5H3/b21-19+. The normalized spacial score (nSPS) is 18.1. The van der Waals surface area contributed by atoms with Crippen molar-refractivity contribution in [3.05, 3.63) is 53.0 Å². The van der Waals surface area contributed by atoms with Gasteiger partial charge in [0.05, 0.1) is 19.8 Å². The Morgan fingerprint density at radius 3 is 2.42 bits per heavy atom. The molecule has 3 rings (SSSR count). The smallest absolute Gasteiger partial charge is 0.295 e. The molecule has 1 aliphatic rings. The number of Topliss-reactive ketones (excluding diaryl/α,β-unsaturated/α-hetero) is 1. The molecule has 0 aliphatic carbocycles. The Bertz CT molecular complexity index is 1010. The number of methoxy groups -OCH3 is 2. The predicted molar refractivity (Wildman–Crippen MR) is 115 cm³/mol. The molecule has 2 aromatic rings. The van der Waals surface area contributed by atoms with Gasteiger partial charge in [-0.15, -0.1) is 0 Å². The van der Waals surface area contributed by atoms with Gasteiger partial charge in [0.2, 0.25) is 0 Å². The Labute approximate surface area is 181 Å². The van der Waals surface area contributed by atoms with Crippen LogP contribution in [-0.4, -0.2) is 68.0 Å². The van der Waals surface area contributed by atoms with Crippen LogP contribution in [0.4, 0.5) is 0 Å². The Morgan fingerprint density at radius 2 is 1.84 bits per heavy atom. The second kappa shape index (κ2) is 9.26. The highest BCUT2D eigenvalue weighted by Gasteiger charge is 2.47. The number of aryl methyl sites for hydroxylation is 1. The summed E-state index contributed by atoms with van der Waals surface area (Å²) < 4.78 is 16.3. The van der Waals surface area contributed by atoms with E-state index < -0.39 is 17.7 Å². The summed E-state index contributed by atoms with van der Waals surface area (Å²) in [6.45, 7) is 2.90. The molecule has 1 unspecified atom stereocenters. The summed E-state index contributed by atoms with van der Waals surface area (Å²) in [4.78, 5) is 29.3. The molecule has 8 heteroatoms. The zero-order chi connectivity index (χ0) is 22.7. The number of benzene rings is 1. The average Bonchev–Trinajstić information content (AvgIpc) is 3.28. The lowest BCUT2D eigenvalue weighted by molar-refractivity contribution is -0.140. The predicted octanol–water partition coefficient (Wildman–Crippen LogP) is 2.98. The number of hydrogen-bond donors (Lipinski definition) is 1. The molecule has 1 aliphatic heterocycles. The van der Waals surface area contributed by atoms with E-state index in [-0.39, 0.29) is 11.3 Å². The Hall–Kier alpha value is -3.26. The molecule has 0 spiro atoms. The van der Waals surface area contributed by atoms with Gasteiger partial charge >= 0.3 is 0 Å². The molecule has 1 atom stereocenters. The second-order valence-electron chi connectivity index (χ2n) is 7.67. The molecule has 1 amide bonds. The second-order valence-corrected chi connectivity index (χ2v) is 7.67. The van der Waals surface area contributed by atoms with Crippen molar-refractivity contribution in [2.75, 3.05) is 41.4 Å². The van der Waals surface area contributed by atoms with Gasteiger partial charge in [0, 0.05) is 12.1 Å². The van der Waals surface area contributed by atoms with Crippen LogP contribution in [-0.2, 0) is 9.59 Å². The van der Waals surface area contributed by atoms with Crippen molar-refractivity contribution in [2.24, 2.45) is 0 Å². The maximum absolute atomic E-state index is 13.0. The lowest BCUT2D eigenvalue weighted by atomic mass is 9.99. The molecule has 0 saturated carbocycles. The molecule has 1 aromatic carbocycles. The monoisotopic (exact) mass is 428 g/mol. The third-order valence-corrected chi connectivity index (χ3v) is 5.23. The van der Waals surface area contributed by atoms with Crippen LogP contribution in [0.5, 0.6) is 11.5 Å². The fraction of sp³-hybridized carbons (Fsp3) is 0.391. The van der Waals surface area contributed by atoms with Crippen LogP contribution in [0.2, 0.25) is 0 Å². The average molecular weight is 428 g/mol. The summed E-state index contributed by atoms with van der Waals surface area (Å²) in [5, 5.41) is 11.1. The van der Waals surface area contributed by atoms with Gasteiger partial charge in [0.15, 0.2) is 11.5 Å². The van der Waals surface area contributed by atoms with Gasteiger partial charge in [-0.1, -0.05) is 0 Å². The van der Waals surface area contributed by atoms with Gasteiger partial charge in [0.1, 0.15) is 23.3 Å². The Morgan fingerprint density at radius 1 is 1.13 bits per heavy atom. The van der Waals surface area contributed by atoms with Crippen LogP contribution in [0.3, 0.4) is 0 Å². The number of amides is 1. The van der Waals surface area contributed by atoms with Crippen molar-refractivity contribution in [3.63, 3.8) is 0 Å². The number of ether oxygens (including phenoxy) is 2. The highest BCUT2D eigenvalue weighted by atomic mass is 16.5. The summed E-state index contributed by atoms with van der Waals surface area (Å²) in [6, 6.07) is 7.51. The van der Waals surface area contributed by atoms with E-state index in [0.717, 1.165) is 6.54 Å². The first-order valence-corrected chi connectivity index (χ1v) is 10.00. The minimum Gasteiger partial charge on any atom is -0.507 e. The zero-order valence-corrected chi connectivity index (χ0v) is 18.5. The van der Waals surface area contributed by atoms with Crippen LogP contribution < -0.4 is 9.47 Å². The number of ketones is 1. The summed E-state index contributed by atoms with van der Waals surface area (Å²) in [5.41, 5.74) is 0.341. The van der Waals surface area contributed by atoms with Crippen molar-refractivity contribution in [3.8, 4) is 11.5 Å². The topological polar surface area (TPSA) is 92.5 Å². The van der Waals surface area contributed by atoms with Crippen molar-refractivity contribution >= 4 is 17.4 Å². The summed E-state index contributed by atoms with van der Waals surface area (Å²) in [7, 11) is 6.88. The first-order chi connectivity index (χ1) is 14.8. The highest BCUT2D eigenvalue weighted by molar-refractivity contribution is 6.46.